The first kappa shape index (κ1) is 17.6. The van der Waals surface area contributed by atoms with Gasteiger partial charge in [0.25, 0.3) is 0 Å². The third-order valence-corrected chi connectivity index (χ3v) is 3.53. The van der Waals surface area contributed by atoms with E-state index in [1.807, 2.05) is 13.8 Å². The molecule has 1 aromatic heterocycles. The second-order valence-electron chi connectivity index (χ2n) is 5.70. The van der Waals surface area contributed by atoms with E-state index in [1.54, 1.807) is 20.0 Å². The molecule has 7 nitrogen and oxygen atoms in total. The van der Waals surface area contributed by atoms with Gasteiger partial charge in [-0.2, -0.15) is 0 Å². The fourth-order valence-electron chi connectivity index (χ4n) is 2.01. The molecular weight excluding hydrogens is 294 g/mol. The molecule has 0 spiro atoms. The predicted molar refractivity (Wildman–Crippen MR) is 78.9 cm³/mol. The normalized spacial score (nSPS) is 13.4. The van der Waals surface area contributed by atoms with E-state index >= 15 is 0 Å². The maximum Gasteiger partial charge on any atom is 0.240 e. The number of nitrogens with zero attached hydrogens (tertiary/aromatic N) is 2. The molecule has 1 heterocycles. The summed E-state index contributed by atoms with van der Waals surface area (Å²) in [5.74, 6) is 0.574. The summed E-state index contributed by atoms with van der Waals surface area (Å²) in [4.78, 5) is 13.9. The van der Waals surface area contributed by atoms with Gasteiger partial charge in [-0.25, -0.2) is 13.1 Å². The van der Waals surface area contributed by atoms with E-state index in [0.29, 0.717) is 17.9 Å². The molecule has 0 saturated carbocycles. The monoisotopic (exact) mass is 317 g/mol. The Kier molecular flexibility index (Phi) is 5.91. The molecule has 0 aromatic carbocycles. The third kappa shape index (κ3) is 6.26. The number of sulfonamides is 1. The maximum absolute atomic E-state index is 12.4. The Morgan fingerprint density at radius 3 is 2.52 bits per heavy atom. The average molecular weight is 317 g/mol. The molecular formula is C13H23N3O4S. The number of aryl methyl sites for hydroxylation is 1. The molecule has 8 heteroatoms. The molecule has 0 fully saturated rings. The lowest BCUT2D eigenvalue weighted by Crippen LogP contribution is -2.47. The number of carbonyl (C=O) groups excluding carboxylic acids is 1. The molecule has 1 rings (SSSR count). The van der Waals surface area contributed by atoms with Gasteiger partial charge in [0, 0.05) is 13.1 Å². The summed E-state index contributed by atoms with van der Waals surface area (Å²) in [5, 5.41) is 3.83. The van der Waals surface area contributed by atoms with Crippen molar-refractivity contribution in [1.82, 2.24) is 14.8 Å². The number of hydrogen-bond acceptors (Lipinski definition) is 5. The van der Waals surface area contributed by atoms with Crippen LogP contribution in [0.2, 0.25) is 0 Å². The molecule has 120 valence electrons. The average Bonchev–Trinajstić information content (AvgIpc) is 2.70. The van der Waals surface area contributed by atoms with Gasteiger partial charge in [-0.1, -0.05) is 19.0 Å². The highest BCUT2D eigenvalue weighted by molar-refractivity contribution is 7.88. The summed E-state index contributed by atoms with van der Waals surface area (Å²) in [5.41, 5.74) is 0.631. The fourth-order valence-corrected chi connectivity index (χ4v) is 2.72. The second-order valence-corrected chi connectivity index (χ2v) is 7.48. The Balaban J connectivity index is 2.78. The van der Waals surface area contributed by atoms with Gasteiger partial charge in [-0.05, 0) is 19.3 Å². The molecule has 1 atom stereocenters. The van der Waals surface area contributed by atoms with Gasteiger partial charge in [0.05, 0.1) is 12.8 Å². The summed E-state index contributed by atoms with van der Waals surface area (Å²) in [6.45, 7) is 5.91. The van der Waals surface area contributed by atoms with Crippen molar-refractivity contribution in [2.75, 3.05) is 13.3 Å². The predicted octanol–water partition coefficient (Wildman–Crippen LogP) is 0.905. The van der Waals surface area contributed by atoms with Crippen LogP contribution < -0.4 is 4.72 Å². The summed E-state index contributed by atoms with van der Waals surface area (Å²) in [6.07, 6.45) is 1.49. The number of rotatable bonds is 7. The van der Waals surface area contributed by atoms with Crippen LogP contribution in [-0.2, 0) is 21.4 Å². The summed E-state index contributed by atoms with van der Waals surface area (Å²) in [6, 6.07) is 0.976. The van der Waals surface area contributed by atoms with Crippen LogP contribution in [0.25, 0.3) is 0 Å². The highest BCUT2D eigenvalue weighted by atomic mass is 32.2. The third-order valence-electron chi connectivity index (χ3n) is 2.81. The van der Waals surface area contributed by atoms with Crippen molar-refractivity contribution in [3.8, 4) is 0 Å². The lowest BCUT2D eigenvalue weighted by molar-refractivity contribution is -0.132. The first-order valence-corrected chi connectivity index (χ1v) is 8.62. The molecule has 0 aliphatic rings. The van der Waals surface area contributed by atoms with E-state index in [0.717, 1.165) is 6.26 Å². The van der Waals surface area contributed by atoms with Gasteiger partial charge in [-0.15, -0.1) is 0 Å². The SMILES string of the molecule is Cc1cc(CN(C)C(=O)[C@H](CC(C)C)NS(C)(=O)=O)no1. The standard InChI is InChI=1S/C13H23N3O4S/c1-9(2)6-12(15-21(5,18)19)13(17)16(4)8-11-7-10(3)20-14-11/h7,9,12,15H,6,8H2,1-5H3/t12-/m0/s1. The minimum Gasteiger partial charge on any atom is -0.361 e. The Morgan fingerprint density at radius 2 is 2.10 bits per heavy atom. The van der Waals surface area contributed by atoms with Gasteiger partial charge in [0.15, 0.2) is 0 Å². The Hall–Kier alpha value is -1.41. The van der Waals surface area contributed by atoms with Gasteiger partial charge < -0.3 is 9.42 Å². The Bertz CT molecular complexity index is 580. The molecule has 0 bridgehead atoms. The van der Waals surface area contributed by atoms with Crippen LogP contribution in [0, 0.1) is 12.8 Å². The van der Waals surface area contributed by atoms with Crippen LogP contribution in [0.4, 0.5) is 0 Å². The van der Waals surface area contributed by atoms with Gasteiger partial charge in [-0.3, -0.25) is 4.79 Å². The number of amides is 1. The zero-order valence-corrected chi connectivity index (χ0v) is 13.9. The van der Waals surface area contributed by atoms with Crippen LogP contribution in [0.3, 0.4) is 0 Å². The molecule has 21 heavy (non-hydrogen) atoms. The van der Waals surface area contributed by atoms with E-state index in [9.17, 15) is 13.2 Å². The summed E-state index contributed by atoms with van der Waals surface area (Å²) in [7, 11) is -1.83. The van der Waals surface area contributed by atoms with Gasteiger partial charge in [0.2, 0.25) is 15.9 Å². The number of nitrogens with one attached hydrogen (secondary N) is 1. The number of carbonyl (C=O) groups is 1. The highest BCUT2D eigenvalue weighted by Gasteiger charge is 2.26. The van der Waals surface area contributed by atoms with E-state index in [4.69, 9.17) is 4.52 Å². The van der Waals surface area contributed by atoms with Gasteiger partial charge in [0.1, 0.15) is 17.5 Å². The lowest BCUT2D eigenvalue weighted by Gasteiger charge is -2.24. The molecule has 0 aliphatic heterocycles. The van der Waals surface area contributed by atoms with Crippen molar-refractivity contribution >= 4 is 15.9 Å². The van der Waals surface area contributed by atoms with Crippen LogP contribution in [-0.4, -0.2) is 43.7 Å². The molecule has 1 N–H and O–H groups in total. The van der Waals surface area contributed by atoms with Crippen LogP contribution >= 0.6 is 0 Å². The van der Waals surface area contributed by atoms with Crippen molar-refractivity contribution in [1.29, 1.82) is 0 Å². The van der Waals surface area contributed by atoms with Crippen molar-refractivity contribution in [3.63, 3.8) is 0 Å². The maximum atomic E-state index is 12.4. The van der Waals surface area contributed by atoms with E-state index in [-0.39, 0.29) is 18.4 Å². The van der Waals surface area contributed by atoms with E-state index < -0.39 is 16.1 Å². The summed E-state index contributed by atoms with van der Waals surface area (Å²) < 4.78 is 30.2. The zero-order chi connectivity index (χ0) is 16.2. The molecule has 0 unspecified atom stereocenters. The smallest absolute Gasteiger partial charge is 0.240 e. The molecule has 0 saturated heterocycles. The Labute approximate surface area is 125 Å². The number of aromatic nitrogens is 1. The first-order valence-electron chi connectivity index (χ1n) is 6.73. The topological polar surface area (TPSA) is 92.5 Å². The van der Waals surface area contributed by atoms with Gasteiger partial charge >= 0.3 is 0 Å². The molecule has 0 aliphatic carbocycles. The molecule has 0 radical (unpaired) electrons. The fraction of sp³-hybridized carbons (Fsp3) is 0.692. The lowest BCUT2D eigenvalue weighted by atomic mass is 10.0. The first-order chi connectivity index (χ1) is 9.58. The largest absolute Gasteiger partial charge is 0.361 e. The zero-order valence-electron chi connectivity index (χ0n) is 13.1. The Morgan fingerprint density at radius 1 is 1.48 bits per heavy atom. The van der Waals surface area contributed by atoms with E-state index in [2.05, 4.69) is 9.88 Å². The highest BCUT2D eigenvalue weighted by Crippen LogP contribution is 2.11. The van der Waals surface area contributed by atoms with Crippen LogP contribution in [0.5, 0.6) is 0 Å². The molecule has 1 aromatic rings. The van der Waals surface area contributed by atoms with E-state index in [1.165, 1.54) is 4.90 Å². The van der Waals surface area contributed by atoms with Crippen molar-refractivity contribution in [2.45, 2.75) is 39.8 Å². The van der Waals surface area contributed by atoms with Crippen molar-refractivity contribution in [2.24, 2.45) is 5.92 Å². The van der Waals surface area contributed by atoms with Crippen LogP contribution in [0.1, 0.15) is 31.7 Å². The second kappa shape index (κ2) is 7.04. The van der Waals surface area contributed by atoms with Crippen LogP contribution in [0.15, 0.2) is 10.6 Å². The van der Waals surface area contributed by atoms with Crippen molar-refractivity contribution < 1.29 is 17.7 Å². The van der Waals surface area contributed by atoms with Crippen molar-refractivity contribution in [3.05, 3.63) is 17.5 Å². The quantitative estimate of drug-likeness (QED) is 0.807. The molecule has 1 amide bonds. The summed E-state index contributed by atoms with van der Waals surface area (Å²) >= 11 is 0. The number of hydrogen-bond donors (Lipinski definition) is 1. The minimum absolute atomic E-state index is 0.191. The minimum atomic E-state index is -3.45. The number of likely N-dealkylation sites (N-methyl/N-ethyl adjacent to an activating group) is 1.